The first-order valence-corrected chi connectivity index (χ1v) is 12.8. The number of aryl methyl sites for hydroxylation is 2. The van der Waals surface area contributed by atoms with Crippen molar-refractivity contribution in [3.63, 3.8) is 0 Å². The molecule has 2 heterocycles. The molecule has 1 saturated heterocycles. The number of carbonyl (C=O) groups excluding carboxylic acids is 1. The molecule has 2 aromatic rings. The lowest BCUT2D eigenvalue weighted by atomic mass is 9.43. The molecule has 2 fully saturated rings. The molecular weight excluding hydrogens is 436 g/mol. The second kappa shape index (κ2) is 7.35. The van der Waals surface area contributed by atoms with Gasteiger partial charge in [0.25, 0.3) is 5.91 Å². The summed E-state index contributed by atoms with van der Waals surface area (Å²) >= 11 is 0. The van der Waals surface area contributed by atoms with E-state index in [1.54, 1.807) is 0 Å². The number of benzene rings is 2. The monoisotopic (exact) mass is 471 g/mol. The zero-order valence-corrected chi connectivity index (χ0v) is 21.4. The van der Waals surface area contributed by atoms with Crippen molar-refractivity contribution >= 4 is 5.91 Å². The Morgan fingerprint density at radius 1 is 1.23 bits per heavy atom. The van der Waals surface area contributed by atoms with Crippen LogP contribution in [0.2, 0.25) is 0 Å². The summed E-state index contributed by atoms with van der Waals surface area (Å²) in [5.74, 6) is 6.80. The van der Waals surface area contributed by atoms with Gasteiger partial charge >= 0.3 is 0 Å². The Labute approximate surface area is 208 Å². The lowest BCUT2D eigenvalue weighted by Crippen LogP contribution is -2.76. The van der Waals surface area contributed by atoms with Gasteiger partial charge in [0.05, 0.1) is 18.5 Å². The molecule has 35 heavy (non-hydrogen) atoms. The summed E-state index contributed by atoms with van der Waals surface area (Å²) < 4.78 is 6.94. The maximum absolute atomic E-state index is 13.3. The first-order chi connectivity index (χ1) is 16.6. The first-order valence-electron chi connectivity index (χ1n) is 12.8. The van der Waals surface area contributed by atoms with Crippen LogP contribution in [0.1, 0.15) is 54.0 Å². The van der Waals surface area contributed by atoms with Crippen LogP contribution in [-0.2, 0) is 16.6 Å². The van der Waals surface area contributed by atoms with Gasteiger partial charge in [-0.3, -0.25) is 4.79 Å². The standard InChI is InChI=1S/C30H35N2O3/c1-19-7-6-8-21(17-19)10-12-25(33)31(4)23-13-14-29(3)24-18-22-11-9-20(2)27-26(22)30(29,28(23)35-27)15-16-32(24,5)34/h6-9,11,17,23-24,28,34H,13-16,18H2,1-5H3/q+1/t23-,24-,28+,29+,30+,32?/m1/s1. The number of ether oxygens (including phenoxy) is 1. The topological polar surface area (TPSA) is 49.8 Å². The number of piperidine rings is 1. The highest BCUT2D eigenvalue weighted by atomic mass is 16.5. The Kier molecular flexibility index (Phi) is 4.75. The average molecular weight is 472 g/mol. The second-order valence-corrected chi connectivity index (χ2v) is 11.7. The number of likely N-dealkylation sites (tertiary alicyclic amines) is 1. The van der Waals surface area contributed by atoms with Crippen molar-refractivity contribution in [2.24, 2.45) is 5.41 Å². The van der Waals surface area contributed by atoms with Gasteiger partial charge in [-0.05, 0) is 55.5 Å². The number of nitrogens with zero attached hydrogens (tertiary/aromatic N) is 2. The Balaban J connectivity index is 1.41. The zero-order valence-electron chi connectivity index (χ0n) is 21.4. The summed E-state index contributed by atoms with van der Waals surface area (Å²) in [4.78, 5) is 15.1. The smallest absolute Gasteiger partial charge is 0.298 e. The Bertz CT molecular complexity index is 1300. The molecule has 1 amide bonds. The third kappa shape index (κ3) is 2.93. The van der Waals surface area contributed by atoms with E-state index in [1.807, 2.05) is 50.2 Å². The highest BCUT2D eigenvalue weighted by molar-refractivity contribution is 5.94. The Morgan fingerprint density at radius 3 is 2.80 bits per heavy atom. The summed E-state index contributed by atoms with van der Waals surface area (Å²) in [5, 5.41) is 11.4. The third-order valence-electron chi connectivity index (χ3n) is 9.87. The number of rotatable bonds is 1. The predicted octanol–water partition coefficient (Wildman–Crippen LogP) is 4.15. The minimum atomic E-state index is -0.200. The van der Waals surface area contributed by atoms with Gasteiger partial charge in [-0.15, -0.1) is 0 Å². The Morgan fingerprint density at radius 2 is 2.03 bits per heavy atom. The molecule has 6 rings (SSSR count). The number of amides is 1. The maximum atomic E-state index is 13.3. The number of quaternary nitrogens is 1. The van der Waals surface area contributed by atoms with E-state index in [-0.39, 0.29) is 39.6 Å². The molecular formula is C30H35N2O3+. The molecule has 5 heteroatoms. The van der Waals surface area contributed by atoms with E-state index < -0.39 is 0 Å². The van der Waals surface area contributed by atoms with Gasteiger partial charge in [0, 0.05) is 42.4 Å². The molecule has 1 spiro atoms. The van der Waals surface area contributed by atoms with Gasteiger partial charge in [-0.25, -0.2) is 5.21 Å². The van der Waals surface area contributed by atoms with Crippen molar-refractivity contribution in [2.75, 3.05) is 20.6 Å². The summed E-state index contributed by atoms with van der Waals surface area (Å²) in [7, 11) is 3.85. The van der Waals surface area contributed by atoms with Gasteiger partial charge in [-0.1, -0.05) is 37.1 Å². The second-order valence-electron chi connectivity index (χ2n) is 11.7. The van der Waals surface area contributed by atoms with Crippen molar-refractivity contribution in [3.8, 4) is 17.6 Å². The fraction of sp³-hybridized carbons (Fsp3) is 0.500. The molecule has 1 N–H and O–H groups in total. The molecule has 6 atom stereocenters. The number of hydrogen-bond acceptors (Lipinski definition) is 3. The minimum absolute atomic E-state index is 0.0590. The fourth-order valence-corrected chi connectivity index (χ4v) is 8.05. The minimum Gasteiger partial charge on any atom is -0.487 e. The van der Waals surface area contributed by atoms with E-state index >= 15 is 0 Å². The van der Waals surface area contributed by atoms with E-state index in [1.165, 1.54) is 11.1 Å². The van der Waals surface area contributed by atoms with E-state index in [4.69, 9.17) is 4.74 Å². The number of carbonyl (C=O) groups is 1. The Hall–Kier alpha value is -2.81. The number of hydrogen-bond donors (Lipinski definition) is 1. The highest BCUT2D eigenvalue weighted by Crippen LogP contribution is 2.69. The predicted molar refractivity (Wildman–Crippen MR) is 134 cm³/mol. The van der Waals surface area contributed by atoms with Crippen molar-refractivity contribution in [1.29, 1.82) is 0 Å². The van der Waals surface area contributed by atoms with E-state index in [2.05, 4.69) is 37.8 Å². The number of hydroxylamine groups is 3. The molecule has 2 aromatic carbocycles. The largest absolute Gasteiger partial charge is 0.487 e. The summed E-state index contributed by atoms with van der Waals surface area (Å²) in [6.07, 6.45) is 3.39. The van der Waals surface area contributed by atoms with Crippen molar-refractivity contribution in [3.05, 3.63) is 64.2 Å². The van der Waals surface area contributed by atoms with Crippen LogP contribution in [0.25, 0.3) is 0 Å². The maximum Gasteiger partial charge on any atom is 0.298 e. The van der Waals surface area contributed by atoms with E-state index in [9.17, 15) is 10.0 Å². The molecule has 4 aliphatic rings. The van der Waals surface area contributed by atoms with Crippen molar-refractivity contribution in [1.82, 2.24) is 4.90 Å². The van der Waals surface area contributed by atoms with Gasteiger partial charge in [0.2, 0.25) is 0 Å². The van der Waals surface area contributed by atoms with Gasteiger partial charge in [0.15, 0.2) is 0 Å². The molecule has 1 saturated carbocycles. The SMILES string of the molecule is Cc1cccc(C#CC(=O)N(C)[C@@H]2CC[C@@]3(C)[C@H]4Cc5ccc(C)c6c5[C@@]3(CC[N+]4(C)O)[C@H]2O6)c1. The zero-order chi connectivity index (χ0) is 24.8. The normalized spacial score (nSPS) is 35.9. The summed E-state index contributed by atoms with van der Waals surface area (Å²) in [6.45, 7) is 7.22. The van der Waals surface area contributed by atoms with E-state index in [0.29, 0.717) is 6.54 Å². The molecule has 0 aromatic heterocycles. The van der Waals surface area contributed by atoms with Crippen molar-refractivity contribution in [2.45, 2.75) is 70.1 Å². The highest BCUT2D eigenvalue weighted by Gasteiger charge is 2.75. The molecule has 2 bridgehead atoms. The van der Waals surface area contributed by atoms with E-state index in [0.717, 1.165) is 48.1 Å². The van der Waals surface area contributed by atoms with Crippen LogP contribution in [0.15, 0.2) is 36.4 Å². The lowest BCUT2D eigenvalue weighted by Gasteiger charge is -2.65. The van der Waals surface area contributed by atoms with Crippen molar-refractivity contribution < 1.29 is 19.4 Å². The van der Waals surface area contributed by atoms with Gasteiger partial charge in [-0.2, -0.15) is 4.65 Å². The average Bonchev–Trinajstić information content (AvgIpc) is 3.17. The van der Waals surface area contributed by atoms with Crippen LogP contribution in [0.5, 0.6) is 5.75 Å². The molecule has 5 nitrogen and oxygen atoms in total. The third-order valence-corrected chi connectivity index (χ3v) is 9.87. The van der Waals surface area contributed by atoms with Gasteiger partial charge in [0.1, 0.15) is 24.4 Å². The lowest BCUT2D eigenvalue weighted by molar-refractivity contribution is -1.12. The molecule has 182 valence electrons. The summed E-state index contributed by atoms with van der Waals surface area (Å²) in [6, 6.07) is 12.4. The molecule has 0 radical (unpaired) electrons. The summed E-state index contributed by atoms with van der Waals surface area (Å²) in [5.41, 5.74) is 5.51. The van der Waals surface area contributed by atoms with Crippen LogP contribution in [0.3, 0.4) is 0 Å². The number of likely N-dealkylation sites (N-methyl/N-ethyl adjacent to an activating group) is 2. The quantitative estimate of drug-likeness (QED) is 0.502. The van der Waals surface area contributed by atoms with Crippen LogP contribution < -0.4 is 4.74 Å². The van der Waals surface area contributed by atoms with Crippen LogP contribution in [-0.4, -0.2) is 59.5 Å². The molecule has 1 unspecified atom stereocenters. The van der Waals surface area contributed by atoms with Gasteiger partial charge < -0.3 is 9.64 Å². The van der Waals surface area contributed by atoms with Crippen LogP contribution in [0.4, 0.5) is 0 Å². The molecule has 2 aliphatic carbocycles. The molecule has 2 aliphatic heterocycles. The van der Waals surface area contributed by atoms with Crippen LogP contribution >= 0.6 is 0 Å². The van der Waals surface area contributed by atoms with Crippen LogP contribution in [0, 0.1) is 31.1 Å². The fourth-order valence-electron chi connectivity index (χ4n) is 8.05. The first kappa shape index (κ1) is 22.6.